The van der Waals surface area contributed by atoms with E-state index < -0.39 is 0 Å². The Kier molecular flexibility index (Phi) is 4.89. The molecule has 0 spiro atoms. The third-order valence-corrected chi connectivity index (χ3v) is 4.60. The van der Waals surface area contributed by atoms with Crippen LogP contribution in [0.3, 0.4) is 0 Å². The van der Waals surface area contributed by atoms with Gasteiger partial charge in [-0.05, 0) is 53.1 Å². The van der Waals surface area contributed by atoms with Crippen LogP contribution in [0.1, 0.15) is 29.2 Å². The molecule has 0 N–H and O–H groups in total. The number of rotatable bonds is 5. The van der Waals surface area contributed by atoms with Gasteiger partial charge >= 0.3 is 0 Å². The first-order valence-electron chi connectivity index (χ1n) is 8.53. The number of hydrogen-bond acceptors (Lipinski definition) is 3. The third kappa shape index (κ3) is 3.89. The minimum atomic E-state index is -0.0590. The van der Waals surface area contributed by atoms with Crippen LogP contribution in [-0.2, 0) is 11.4 Å². The lowest BCUT2D eigenvalue weighted by molar-refractivity contribution is 0.0857. The maximum Gasteiger partial charge on any atom is 0.158 e. The number of nitrogens with zero attached hydrogens (tertiary/aromatic N) is 1. The fraction of sp³-hybridized carbons (Fsp3) is 0.136. The average molecular weight is 364 g/mol. The zero-order valence-corrected chi connectivity index (χ0v) is 14.9. The second kappa shape index (κ2) is 7.63. The Balaban J connectivity index is 1.37. The highest BCUT2D eigenvalue weighted by Crippen LogP contribution is 2.30. The molecule has 1 aliphatic rings. The van der Waals surface area contributed by atoms with Crippen LogP contribution in [-0.4, -0.2) is 5.71 Å². The van der Waals surface area contributed by atoms with E-state index in [1.807, 2.05) is 66.7 Å². The number of benzene rings is 3. The van der Waals surface area contributed by atoms with Crippen molar-refractivity contribution in [1.82, 2.24) is 0 Å². The molecule has 4 rings (SSSR count). The van der Waals surface area contributed by atoms with Gasteiger partial charge in [0.15, 0.2) is 6.10 Å². The van der Waals surface area contributed by atoms with Crippen LogP contribution >= 0.6 is 11.6 Å². The quantitative estimate of drug-likeness (QED) is 0.574. The molecule has 0 aromatic heterocycles. The summed E-state index contributed by atoms with van der Waals surface area (Å²) in [6.07, 6.45) is 0.683. The van der Waals surface area contributed by atoms with Crippen molar-refractivity contribution in [2.45, 2.75) is 19.1 Å². The normalized spacial score (nSPS) is 16.0. The molecule has 1 unspecified atom stereocenters. The second-order valence-corrected chi connectivity index (χ2v) is 6.62. The minimum Gasteiger partial charge on any atom is -0.489 e. The van der Waals surface area contributed by atoms with Gasteiger partial charge in [0.2, 0.25) is 0 Å². The molecule has 0 saturated heterocycles. The number of ether oxygens (including phenoxy) is 1. The summed E-state index contributed by atoms with van der Waals surface area (Å²) in [5, 5.41) is 4.97. The fourth-order valence-corrected chi connectivity index (χ4v) is 3.01. The van der Waals surface area contributed by atoms with Gasteiger partial charge in [0.25, 0.3) is 0 Å². The first kappa shape index (κ1) is 16.7. The Morgan fingerprint density at radius 1 is 0.923 bits per heavy atom. The highest BCUT2D eigenvalue weighted by molar-refractivity contribution is 6.30. The molecule has 130 valence electrons. The Bertz CT molecular complexity index is 890. The van der Waals surface area contributed by atoms with Crippen molar-refractivity contribution in [2.24, 2.45) is 5.16 Å². The summed E-state index contributed by atoms with van der Waals surface area (Å²) in [5.41, 5.74) is 4.22. The van der Waals surface area contributed by atoms with E-state index in [1.54, 1.807) is 0 Å². The zero-order valence-electron chi connectivity index (χ0n) is 14.1. The van der Waals surface area contributed by atoms with Crippen molar-refractivity contribution in [1.29, 1.82) is 0 Å². The maximum atomic E-state index is 5.94. The standard InChI is InChI=1S/C22H18ClNO2/c23-19-10-6-18(7-11-19)22-14-21(24-26-22)17-8-12-20(13-9-17)25-15-16-4-2-1-3-5-16/h1-13,22H,14-15H2. The molecule has 3 nitrogen and oxygen atoms in total. The van der Waals surface area contributed by atoms with Crippen molar-refractivity contribution in [2.75, 3.05) is 0 Å². The lowest BCUT2D eigenvalue weighted by Gasteiger charge is -2.08. The highest BCUT2D eigenvalue weighted by atomic mass is 35.5. The molecule has 1 atom stereocenters. The maximum absolute atomic E-state index is 5.94. The summed E-state index contributed by atoms with van der Waals surface area (Å²) in [4.78, 5) is 5.60. The Hall–Kier alpha value is -2.78. The van der Waals surface area contributed by atoms with Crippen LogP contribution < -0.4 is 4.74 Å². The molecule has 0 bridgehead atoms. The van der Waals surface area contributed by atoms with Crippen LogP contribution in [0.2, 0.25) is 5.02 Å². The summed E-state index contributed by atoms with van der Waals surface area (Å²) >= 11 is 5.94. The van der Waals surface area contributed by atoms with E-state index in [-0.39, 0.29) is 6.10 Å². The van der Waals surface area contributed by atoms with Crippen molar-refractivity contribution >= 4 is 17.3 Å². The van der Waals surface area contributed by atoms with Crippen molar-refractivity contribution < 1.29 is 9.57 Å². The number of halogens is 1. The summed E-state index contributed by atoms with van der Waals surface area (Å²) in [7, 11) is 0. The summed E-state index contributed by atoms with van der Waals surface area (Å²) in [6.45, 7) is 0.558. The lowest BCUT2D eigenvalue weighted by Crippen LogP contribution is -2.02. The fourth-order valence-electron chi connectivity index (χ4n) is 2.89. The number of oxime groups is 1. The van der Waals surface area contributed by atoms with Crippen molar-refractivity contribution in [3.05, 3.63) is 101 Å². The zero-order chi connectivity index (χ0) is 17.8. The Morgan fingerprint density at radius 3 is 2.38 bits per heavy atom. The van der Waals surface area contributed by atoms with E-state index in [9.17, 15) is 0 Å². The first-order valence-corrected chi connectivity index (χ1v) is 8.91. The molecule has 1 heterocycles. The molecule has 0 saturated carbocycles. The smallest absolute Gasteiger partial charge is 0.158 e. The molecular formula is C22H18ClNO2. The van der Waals surface area contributed by atoms with Gasteiger partial charge in [0.05, 0.1) is 5.71 Å². The molecule has 0 aliphatic carbocycles. The van der Waals surface area contributed by atoms with E-state index in [0.29, 0.717) is 6.61 Å². The molecule has 3 aromatic rings. The highest BCUT2D eigenvalue weighted by Gasteiger charge is 2.23. The largest absolute Gasteiger partial charge is 0.489 e. The molecule has 26 heavy (non-hydrogen) atoms. The van der Waals surface area contributed by atoms with Crippen LogP contribution in [0.25, 0.3) is 0 Å². The third-order valence-electron chi connectivity index (χ3n) is 4.35. The van der Waals surface area contributed by atoms with E-state index in [0.717, 1.165) is 39.6 Å². The van der Waals surface area contributed by atoms with Crippen molar-refractivity contribution in [3.63, 3.8) is 0 Å². The van der Waals surface area contributed by atoms with Gasteiger partial charge in [-0.3, -0.25) is 0 Å². The minimum absolute atomic E-state index is 0.0590. The van der Waals surface area contributed by atoms with Gasteiger partial charge in [-0.25, -0.2) is 0 Å². The average Bonchev–Trinajstić information content (AvgIpc) is 3.18. The summed E-state index contributed by atoms with van der Waals surface area (Å²) in [5.74, 6) is 0.839. The molecule has 3 aromatic carbocycles. The molecule has 4 heteroatoms. The van der Waals surface area contributed by atoms with E-state index in [4.69, 9.17) is 21.2 Å². The van der Waals surface area contributed by atoms with Gasteiger partial charge in [-0.1, -0.05) is 59.2 Å². The predicted molar refractivity (Wildman–Crippen MR) is 104 cm³/mol. The SMILES string of the molecule is Clc1ccc(C2CC(c3ccc(OCc4ccccc4)cc3)=NO2)cc1. The van der Waals surface area contributed by atoms with Crippen molar-refractivity contribution in [3.8, 4) is 5.75 Å². The Labute approximate surface area is 157 Å². The summed E-state index contributed by atoms with van der Waals surface area (Å²) < 4.78 is 5.83. The van der Waals surface area contributed by atoms with Gasteiger partial charge in [0.1, 0.15) is 12.4 Å². The van der Waals surface area contributed by atoms with E-state index >= 15 is 0 Å². The number of hydrogen-bond donors (Lipinski definition) is 0. The molecule has 0 amide bonds. The van der Waals surface area contributed by atoms with Gasteiger partial charge in [-0.15, -0.1) is 0 Å². The van der Waals surface area contributed by atoms with E-state index in [2.05, 4.69) is 17.3 Å². The van der Waals surface area contributed by atoms with Crippen LogP contribution in [0, 0.1) is 0 Å². The van der Waals surface area contributed by atoms with Gasteiger partial charge in [-0.2, -0.15) is 0 Å². The topological polar surface area (TPSA) is 30.8 Å². The monoisotopic (exact) mass is 363 g/mol. The van der Waals surface area contributed by atoms with Crippen LogP contribution in [0.15, 0.2) is 84.0 Å². The van der Waals surface area contributed by atoms with Crippen LogP contribution in [0.4, 0.5) is 0 Å². The molecule has 0 fully saturated rings. The summed E-state index contributed by atoms with van der Waals surface area (Å²) in [6, 6.07) is 25.8. The second-order valence-electron chi connectivity index (χ2n) is 6.19. The predicted octanol–water partition coefficient (Wildman–Crippen LogP) is 5.78. The van der Waals surface area contributed by atoms with E-state index in [1.165, 1.54) is 0 Å². The van der Waals surface area contributed by atoms with Crippen LogP contribution in [0.5, 0.6) is 5.75 Å². The lowest BCUT2D eigenvalue weighted by atomic mass is 10.0. The molecular weight excluding hydrogens is 346 g/mol. The van der Waals surface area contributed by atoms with Gasteiger partial charge in [0, 0.05) is 11.4 Å². The molecule has 1 aliphatic heterocycles. The molecule has 0 radical (unpaired) electrons. The first-order chi connectivity index (χ1) is 12.8. The Morgan fingerprint density at radius 2 is 1.65 bits per heavy atom. The van der Waals surface area contributed by atoms with Gasteiger partial charge < -0.3 is 9.57 Å².